The molecule has 0 saturated heterocycles. The maximum absolute atomic E-state index is 11.9. The number of hydrogen-bond acceptors (Lipinski definition) is 2. The quantitative estimate of drug-likeness (QED) is 0.676. The Bertz CT molecular complexity index is 745. The standard InChI is InChI=1S/C19H16ClNO2/c20-17-10-4-6-15(14-17)7-5-13-21-19(23)12-11-18(22)16-8-2-1-3-9-16/h1-4,6,8-10,14H,11-13H2,(H,21,23). The monoisotopic (exact) mass is 325 g/mol. The highest BCUT2D eigenvalue weighted by Gasteiger charge is 2.08. The zero-order valence-electron chi connectivity index (χ0n) is 12.5. The third kappa shape index (κ3) is 5.98. The highest BCUT2D eigenvalue weighted by Crippen LogP contribution is 2.09. The molecule has 2 aromatic rings. The summed E-state index contributed by atoms with van der Waals surface area (Å²) in [7, 11) is 0. The molecule has 0 unspecified atom stereocenters. The van der Waals surface area contributed by atoms with Gasteiger partial charge in [0.1, 0.15) is 0 Å². The lowest BCUT2D eigenvalue weighted by atomic mass is 10.1. The molecule has 0 spiro atoms. The van der Waals surface area contributed by atoms with Crippen molar-refractivity contribution in [3.05, 3.63) is 70.7 Å². The van der Waals surface area contributed by atoms with Gasteiger partial charge < -0.3 is 5.32 Å². The number of halogens is 1. The van der Waals surface area contributed by atoms with Crippen molar-refractivity contribution in [2.45, 2.75) is 12.8 Å². The Morgan fingerprint density at radius 1 is 1.00 bits per heavy atom. The zero-order chi connectivity index (χ0) is 16.5. The predicted molar refractivity (Wildman–Crippen MR) is 91.3 cm³/mol. The van der Waals surface area contributed by atoms with Crippen LogP contribution in [0.25, 0.3) is 0 Å². The molecule has 116 valence electrons. The lowest BCUT2D eigenvalue weighted by Gasteiger charge is -2.01. The second-order valence-corrected chi connectivity index (χ2v) is 5.31. The van der Waals surface area contributed by atoms with Crippen LogP contribution in [0.5, 0.6) is 0 Å². The SMILES string of the molecule is O=C(CCC(=O)c1ccccc1)NCC#Cc1cccc(Cl)c1. The zero-order valence-corrected chi connectivity index (χ0v) is 13.3. The van der Waals surface area contributed by atoms with E-state index in [1.807, 2.05) is 18.2 Å². The summed E-state index contributed by atoms with van der Waals surface area (Å²) in [5.41, 5.74) is 1.42. The average molecular weight is 326 g/mol. The highest BCUT2D eigenvalue weighted by molar-refractivity contribution is 6.30. The molecule has 0 atom stereocenters. The van der Waals surface area contributed by atoms with Gasteiger partial charge in [0.15, 0.2) is 5.78 Å². The molecular formula is C19H16ClNO2. The van der Waals surface area contributed by atoms with Crippen LogP contribution < -0.4 is 5.32 Å². The van der Waals surface area contributed by atoms with Crippen molar-refractivity contribution >= 4 is 23.3 Å². The molecule has 3 nitrogen and oxygen atoms in total. The van der Waals surface area contributed by atoms with E-state index in [4.69, 9.17) is 11.6 Å². The van der Waals surface area contributed by atoms with Crippen molar-refractivity contribution in [3.63, 3.8) is 0 Å². The number of amides is 1. The normalized spacial score (nSPS) is 9.61. The minimum atomic E-state index is -0.185. The first kappa shape index (κ1) is 16.8. The number of hydrogen-bond donors (Lipinski definition) is 1. The number of carbonyl (C=O) groups excluding carboxylic acids is 2. The molecule has 0 fully saturated rings. The van der Waals surface area contributed by atoms with Gasteiger partial charge in [-0.1, -0.05) is 59.8 Å². The highest BCUT2D eigenvalue weighted by atomic mass is 35.5. The van der Waals surface area contributed by atoms with Gasteiger partial charge >= 0.3 is 0 Å². The van der Waals surface area contributed by atoms with Crippen molar-refractivity contribution in [2.24, 2.45) is 0 Å². The average Bonchev–Trinajstić information content (AvgIpc) is 2.57. The van der Waals surface area contributed by atoms with Gasteiger partial charge in [-0.25, -0.2) is 0 Å². The molecule has 0 aliphatic heterocycles. The maximum atomic E-state index is 11.9. The fourth-order valence-corrected chi connectivity index (χ4v) is 2.13. The Kier molecular flexibility index (Phi) is 6.40. The molecule has 4 heteroatoms. The minimum absolute atomic E-state index is 0.0363. The van der Waals surface area contributed by atoms with E-state index in [9.17, 15) is 9.59 Å². The van der Waals surface area contributed by atoms with Crippen LogP contribution in [-0.4, -0.2) is 18.2 Å². The summed E-state index contributed by atoms with van der Waals surface area (Å²) in [5.74, 6) is 5.55. The predicted octanol–water partition coefficient (Wildman–Crippen LogP) is 3.47. The lowest BCUT2D eigenvalue weighted by molar-refractivity contribution is -0.120. The molecule has 0 bridgehead atoms. The Morgan fingerprint density at radius 2 is 1.78 bits per heavy atom. The van der Waals surface area contributed by atoms with Crippen molar-refractivity contribution in [3.8, 4) is 11.8 Å². The van der Waals surface area contributed by atoms with Gasteiger partial charge in [-0.15, -0.1) is 0 Å². The Labute approximate surface area is 140 Å². The van der Waals surface area contributed by atoms with Crippen LogP contribution in [0.3, 0.4) is 0 Å². The first-order chi connectivity index (χ1) is 11.1. The summed E-state index contributed by atoms with van der Waals surface area (Å²) < 4.78 is 0. The second-order valence-electron chi connectivity index (χ2n) is 4.88. The van der Waals surface area contributed by atoms with Crippen LogP contribution in [0.4, 0.5) is 0 Å². The third-order valence-electron chi connectivity index (χ3n) is 3.11. The summed E-state index contributed by atoms with van der Waals surface area (Å²) in [5, 5.41) is 3.30. The van der Waals surface area contributed by atoms with Gasteiger partial charge in [-0.2, -0.15) is 0 Å². The molecule has 23 heavy (non-hydrogen) atoms. The number of rotatable bonds is 5. The summed E-state index contributed by atoms with van der Waals surface area (Å²) in [6.07, 6.45) is 0.351. The first-order valence-corrected chi connectivity index (χ1v) is 7.62. The van der Waals surface area contributed by atoms with Crippen LogP contribution in [-0.2, 0) is 4.79 Å². The van der Waals surface area contributed by atoms with E-state index in [0.29, 0.717) is 10.6 Å². The topological polar surface area (TPSA) is 46.2 Å². The van der Waals surface area contributed by atoms with Crippen LogP contribution in [0, 0.1) is 11.8 Å². The van der Waals surface area contributed by atoms with Crippen LogP contribution in [0.2, 0.25) is 5.02 Å². The summed E-state index contributed by atoms with van der Waals surface area (Å²) >= 11 is 5.86. The molecule has 0 aliphatic carbocycles. The van der Waals surface area contributed by atoms with Crippen molar-refractivity contribution in [2.75, 3.05) is 6.54 Å². The molecule has 0 saturated carbocycles. The summed E-state index contributed by atoms with van der Waals surface area (Å²) in [6.45, 7) is 0.241. The molecular weight excluding hydrogens is 310 g/mol. The van der Waals surface area contributed by atoms with E-state index in [1.54, 1.807) is 36.4 Å². The Hall–Kier alpha value is -2.57. The van der Waals surface area contributed by atoms with E-state index in [0.717, 1.165) is 5.56 Å². The van der Waals surface area contributed by atoms with E-state index < -0.39 is 0 Å². The number of benzene rings is 2. The molecule has 0 aromatic heterocycles. The van der Waals surface area contributed by atoms with E-state index in [2.05, 4.69) is 17.2 Å². The largest absolute Gasteiger partial charge is 0.345 e. The lowest BCUT2D eigenvalue weighted by Crippen LogP contribution is -2.24. The van der Waals surface area contributed by atoms with Gasteiger partial charge in [-0.3, -0.25) is 9.59 Å². The first-order valence-electron chi connectivity index (χ1n) is 7.24. The molecule has 2 aromatic carbocycles. The van der Waals surface area contributed by atoms with E-state index in [-0.39, 0.29) is 31.1 Å². The van der Waals surface area contributed by atoms with Gasteiger partial charge in [0.25, 0.3) is 0 Å². The van der Waals surface area contributed by atoms with Crippen molar-refractivity contribution in [1.82, 2.24) is 5.32 Å². The van der Waals surface area contributed by atoms with Crippen molar-refractivity contribution < 1.29 is 9.59 Å². The fourth-order valence-electron chi connectivity index (χ4n) is 1.94. The third-order valence-corrected chi connectivity index (χ3v) is 3.34. The van der Waals surface area contributed by atoms with Crippen LogP contribution in [0.15, 0.2) is 54.6 Å². The molecule has 0 aliphatic rings. The van der Waals surface area contributed by atoms with Crippen LogP contribution in [0.1, 0.15) is 28.8 Å². The van der Waals surface area contributed by atoms with Crippen LogP contribution >= 0.6 is 11.6 Å². The van der Waals surface area contributed by atoms with Gasteiger partial charge in [-0.05, 0) is 18.2 Å². The summed E-state index contributed by atoms with van der Waals surface area (Å²) in [4.78, 5) is 23.6. The van der Waals surface area contributed by atoms with Gasteiger partial charge in [0.05, 0.1) is 6.54 Å². The second kappa shape index (κ2) is 8.77. The van der Waals surface area contributed by atoms with Gasteiger partial charge in [0, 0.05) is 29.0 Å². The van der Waals surface area contributed by atoms with Gasteiger partial charge in [0.2, 0.25) is 5.91 Å². The number of nitrogens with one attached hydrogen (secondary N) is 1. The molecule has 1 N–H and O–H groups in total. The molecule has 0 radical (unpaired) electrons. The summed E-state index contributed by atoms with van der Waals surface area (Å²) in [6, 6.07) is 16.2. The maximum Gasteiger partial charge on any atom is 0.221 e. The Balaban J connectivity index is 1.73. The smallest absolute Gasteiger partial charge is 0.221 e. The number of Topliss-reactive ketones (excluding diaryl/α,β-unsaturated/α-hetero) is 1. The fraction of sp³-hybridized carbons (Fsp3) is 0.158. The minimum Gasteiger partial charge on any atom is -0.345 e. The molecule has 0 heterocycles. The molecule has 2 rings (SSSR count). The van der Waals surface area contributed by atoms with Crippen molar-refractivity contribution in [1.29, 1.82) is 0 Å². The Morgan fingerprint density at radius 3 is 2.52 bits per heavy atom. The van der Waals surface area contributed by atoms with E-state index in [1.165, 1.54) is 0 Å². The molecule has 1 amide bonds. The number of carbonyl (C=O) groups is 2. The number of ketones is 1. The van der Waals surface area contributed by atoms with E-state index >= 15 is 0 Å².